The van der Waals surface area contributed by atoms with Crippen LogP contribution in [0.4, 0.5) is 0 Å². The van der Waals surface area contributed by atoms with Crippen molar-refractivity contribution in [2.75, 3.05) is 6.54 Å². The topological polar surface area (TPSA) is 65.0 Å². The molecule has 0 aliphatic carbocycles. The molecule has 3 rings (SSSR count). The molecular weight excluding hydrogens is 244 g/mol. The van der Waals surface area contributed by atoms with Crippen LogP contribution in [0.15, 0.2) is 27.6 Å². The fourth-order valence-corrected chi connectivity index (χ4v) is 2.40. The Morgan fingerprint density at radius 1 is 1.42 bits per heavy atom. The maximum Gasteiger partial charge on any atom is 0.345 e. The van der Waals surface area contributed by atoms with Gasteiger partial charge in [-0.05, 0) is 25.0 Å². The monoisotopic (exact) mass is 262 g/mol. The van der Waals surface area contributed by atoms with E-state index < -0.39 is 0 Å². The molecule has 2 aromatic rings. The lowest BCUT2D eigenvalue weighted by Crippen LogP contribution is -2.30. The fourth-order valence-electron chi connectivity index (χ4n) is 2.40. The van der Waals surface area contributed by atoms with Gasteiger partial charge < -0.3 is 9.73 Å². The van der Waals surface area contributed by atoms with Crippen molar-refractivity contribution in [3.8, 4) is 0 Å². The van der Waals surface area contributed by atoms with Gasteiger partial charge in [-0.2, -0.15) is 5.10 Å². The van der Waals surface area contributed by atoms with Gasteiger partial charge in [0.15, 0.2) is 0 Å². The van der Waals surface area contributed by atoms with Crippen molar-refractivity contribution in [3.05, 3.63) is 40.5 Å². The molecule has 1 aliphatic heterocycles. The lowest BCUT2D eigenvalue weighted by Gasteiger charge is -2.09. The number of nitrogens with one attached hydrogen (secondary N) is 1. The average molecular weight is 262 g/mol. The number of furan rings is 1. The second-order valence-corrected chi connectivity index (χ2v) is 4.79. The number of hydrogen-bond acceptors (Lipinski definition) is 4. The van der Waals surface area contributed by atoms with Crippen LogP contribution in [0, 0.1) is 0 Å². The molecule has 0 spiro atoms. The van der Waals surface area contributed by atoms with E-state index in [2.05, 4.69) is 10.4 Å². The van der Waals surface area contributed by atoms with Crippen molar-refractivity contribution >= 4 is 0 Å². The van der Waals surface area contributed by atoms with Gasteiger partial charge in [-0.15, -0.1) is 0 Å². The lowest BCUT2D eigenvalue weighted by molar-refractivity contribution is 0.466. The second kappa shape index (κ2) is 5.44. The molecule has 1 N–H and O–H groups in total. The minimum absolute atomic E-state index is 0.0227. The first-order chi connectivity index (χ1) is 9.34. The van der Waals surface area contributed by atoms with Gasteiger partial charge in [-0.25, -0.2) is 9.48 Å². The summed E-state index contributed by atoms with van der Waals surface area (Å²) >= 11 is 0. The third kappa shape index (κ3) is 2.63. The average Bonchev–Trinajstić information content (AvgIpc) is 3.04. The molecule has 0 amide bonds. The van der Waals surface area contributed by atoms with E-state index >= 15 is 0 Å². The Morgan fingerprint density at radius 3 is 3.16 bits per heavy atom. The summed E-state index contributed by atoms with van der Waals surface area (Å²) in [6.07, 6.45) is 4.79. The third-order valence-corrected chi connectivity index (χ3v) is 3.41. The Bertz CT molecular complexity index is 582. The first-order valence-electron chi connectivity index (χ1n) is 6.74. The second-order valence-electron chi connectivity index (χ2n) is 4.79. The zero-order chi connectivity index (χ0) is 13.1. The highest BCUT2D eigenvalue weighted by atomic mass is 16.3. The first kappa shape index (κ1) is 12.2. The van der Waals surface area contributed by atoms with E-state index in [0.717, 1.165) is 37.4 Å². The molecule has 3 heterocycles. The minimum atomic E-state index is 0.0227. The summed E-state index contributed by atoms with van der Waals surface area (Å²) in [5.41, 5.74) is 0.0227. The van der Waals surface area contributed by atoms with Crippen molar-refractivity contribution in [1.82, 2.24) is 19.7 Å². The van der Waals surface area contributed by atoms with Crippen molar-refractivity contribution in [3.63, 3.8) is 0 Å². The van der Waals surface area contributed by atoms with Gasteiger partial charge in [-0.3, -0.25) is 4.57 Å². The van der Waals surface area contributed by atoms with Crippen molar-refractivity contribution in [1.29, 1.82) is 0 Å². The van der Waals surface area contributed by atoms with Gasteiger partial charge in [0.2, 0.25) is 0 Å². The Hall–Kier alpha value is -1.82. The van der Waals surface area contributed by atoms with E-state index in [9.17, 15) is 4.79 Å². The largest absolute Gasteiger partial charge is 0.468 e. The van der Waals surface area contributed by atoms with Gasteiger partial charge in [0.1, 0.15) is 11.6 Å². The van der Waals surface area contributed by atoms with Crippen molar-refractivity contribution in [2.45, 2.75) is 38.9 Å². The zero-order valence-corrected chi connectivity index (χ0v) is 10.8. The van der Waals surface area contributed by atoms with Crippen LogP contribution >= 0.6 is 0 Å². The van der Waals surface area contributed by atoms with Gasteiger partial charge in [-0.1, -0.05) is 0 Å². The quantitative estimate of drug-likeness (QED) is 0.808. The van der Waals surface area contributed by atoms with Crippen LogP contribution in [-0.4, -0.2) is 20.9 Å². The fraction of sp³-hybridized carbons (Fsp3) is 0.538. The van der Waals surface area contributed by atoms with Crippen LogP contribution in [0.5, 0.6) is 0 Å². The SMILES string of the molecule is O=c1n(CCNCc2ccco2)nc2n1CCCC2. The van der Waals surface area contributed by atoms with Gasteiger partial charge in [0.05, 0.1) is 19.4 Å². The Morgan fingerprint density at radius 2 is 2.37 bits per heavy atom. The summed E-state index contributed by atoms with van der Waals surface area (Å²) in [4.78, 5) is 12.1. The molecule has 102 valence electrons. The highest BCUT2D eigenvalue weighted by Gasteiger charge is 2.15. The molecule has 1 aliphatic rings. The smallest absolute Gasteiger partial charge is 0.345 e. The van der Waals surface area contributed by atoms with Gasteiger partial charge in [0, 0.05) is 19.5 Å². The summed E-state index contributed by atoms with van der Waals surface area (Å²) in [6, 6.07) is 3.79. The highest BCUT2D eigenvalue weighted by molar-refractivity contribution is 4.97. The summed E-state index contributed by atoms with van der Waals surface area (Å²) < 4.78 is 8.59. The lowest BCUT2D eigenvalue weighted by atomic mass is 10.2. The molecule has 6 heteroatoms. The molecule has 0 fully saturated rings. The number of fused-ring (bicyclic) bond motifs is 1. The molecule has 19 heavy (non-hydrogen) atoms. The minimum Gasteiger partial charge on any atom is -0.468 e. The predicted molar refractivity (Wildman–Crippen MR) is 69.8 cm³/mol. The maximum absolute atomic E-state index is 12.1. The van der Waals surface area contributed by atoms with E-state index in [-0.39, 0.29) is 5.69 Å². The molecule has 0 saturated carbocycles. The summed E-state index contributed by atoms with van der Waals surface area (Å²) in [7, 11) is 0. The van der Waals surface area contributed by atoms with Crippen molar-refractivity contribution < 1.29 is 4.42 Å². The number of nitrogens with zero attached hydrogens (tertiary/aromatic N) is 3. The molecular formula is C13H18N4O2. The normalized spacial score (nSPS) is 14.5. The van der Waals surface area contributed by atoms with Crippen LogP contribution in [0.3, 0.4) is 0 Å². The maximum atomic E-state index is 12.1. The summed E-state index contributed by atoms with van der Waals surface area (Å²) in [5, 5.41) is 7.63. The van der Waals surface area contributed by atoms with E-state index in [0.29, 0.717) is 19.6 Å². The number of aryl methyl sites for hydroxylation is 1. The van der Waals surface area contributed by atoms with E-state index in [4.69, 9.17) is 4.42 Å². The number of aromatic nitrogens is 3. The van der Waals surface area contributed by atoms with Crippen LogP contribution in [-0.2, 0) is 26.1 Å². The van der Waals surface area contributed by atoms with Crippen LogP contribution < -0.4 is 11.0 Å². The van der Waals surface area contributed by atoms with Crippen LogP contribution in [0.25, 0.3) is 0 Å². The van der Waals surface area contributed by atoms with E-state index in [1.54, 1.807) is 15.5 Å². The molecule has 0 aromatic carbocycles. The molecule has 0 radical (unpaired) electrons. The van der Waals surface area contributed by atoms with Gasteiger partial charge in [0.25, 0.3) is 0 Å². The van der Waals surface area contributed by atoms with E-state index in [1.807, 2.05) is 12.1 Å². The van der Waals surface area contributed by atoms with Crippen LogP contribution in [0.2, 0.25) is 0 Å². The molecule has 6 nitrogen and oxygen atoms in total. The predicted octanol–water partition coefficient (Wildman–Crippen LogP) is 0.764. The molecule has 2 aromatic heterocycles. The van der Waals surface area contributed by atoms with E-state index in [1.165, 1.54) is 0 Å². The zero-order valence-electron chi connectivity index (χ0n) is 10.8. The first-order valence-corrected chi connectivity index (χ1v) is 6.74. The highest BCUT2D eigenvalue weighted by Crippen LogP contribution is 2.08. The molecule has 0 saturated heterocycles. The Kier molecular flexibility index (Phi) is 3.50. The molecule has 0 unspecified atom stereocenters. The molecule has 0 atom stereocenters. The summed E-state index contributed by atoms with van der Waals surface area (Å²) in [5.74, 6) is 1.83. The third-order valence-electron chi connectivity index (χ3n) is 3.41. The Balaban J connectivity index is 1.55. The standard InChI is InChI=1S/C13H18N4O2/c18-13-16-7-2-1-5-12(16)15-17(13)8-6-14-10-11-4-3-9-19-11/h3-4,9,14H,1-2,5-8,10H2. The Labute approximate surface area is 111 Å². The summed E-state index contributed by atoms with van der Waals surface area (Å²) in [6.45, 7) is 2.79. The van der Waals surface area contributed by atoms with Gasteiger partial charge >= 0.3 is 5.69 Å². The number of hydrogen-bond donors (Lipinski definition) is 1. The number of rotatable bonds is 5. The van der Waals surface area contributed by atoms with Crippen molar-refractivity contribution in [2.24, 2.45) is 0 Å². The van der Waals surface area contributed by atoms with Crippen LogP contribution in [0.1, 0.15) is 24.4 Å². The molecule has 0 bridgehead atoms.